The summed E-state index contributed by atoms with van der Waals surface area (Å²) in [4.78, 5) is 15.6. The number of halogens is 2. The summed E-state index contributed by atoms with van der Waals surface area (Å²) in [6.07, 6.45) is 0.933. The average molecular weight is 295 g/mol. The molecule has 2 rings (SSSR count). The molecular weight excluding hydrogens is 283 g/mol. The summed E-state index contributed by atoms with van der Waals surface area (Å²) in [5, 5.41) is 12.3. The van der Waals surface area contributed by atoms with Gasteiger partial charge in [0.15, 0.2) is 0 Å². The SMILES string of the molecule is Cc1ccc(NC(=O)c2cc(F)cnc2Cl)c(C)c1O. The minimum atomic E-state index is -0.650. The van der Waals surface area contributed by atoms with E-state index in [1.54, 1.807) is 26.0 Å². The van der Waals surface area contributed by atoms with E-state index in [1.165, 1.54) is 0 Å². The smallest absolute Gasteiger partial charge is 0.258 e. The highest BCUT2D eigenvalue weighted by Gasteiger charge is 2.15. The van der Waals surface area contributed by atoms with Crippen molar-refractivity contribution in [3.05, 3.63) is 52.1 Å². The van der Waals surface area contributed by atoms with E-state index in [4.69, 9.17) is 11.6 Å². The zero-order chi connectivity index (χ0) is 14.9. The van der Waals surface area contributed by atoms with Crippen LogP contribution in [0.4, 0.5) is 10.1 Å². The highest BCUT2D eigenvalue weighted by atomic mass is 35.5. The average Bonchev–Trinajstić information content (AvgIpc) is 2.42. The number of phenolic OH excluding ortho intramolecular Hbond substituents is 1. The number of rotatable bonds is 2. The number of carbonyl (C=O) groups excluding carboxylic acids is 1. The molecule has 1 aromatic carbocycles. The number of aromatic nitrogens is 1. The molecule has 0 aliphatic carbocycles. The maximum absolute atomic E-state index is 13.1. The van der Waals surface area contributed by atoms with E-state index in [1.807, 2.05) is 0 Å². The highest BCUT2D eigenvalue weighted by Crippen LogP contribution is 2.28. The van der Waals surface area contributed by atoms with Gasteiger partial charge in [-0.25, -0.2) is 9.37 Å². The van der Waals surface area contributed by atoms with Crippen molar-refractivity contribution < 1.29 is 14.3 Å². The zero-order valence-corrected chi connectivity index (χ0v) is 11.6. The largest absolute Gasteiger partial charge is 0.507 e. The van der Waals surface area contributed by atoms with Gasteiger partial charge in [-0.1, -0.05) is 17.7 Å². The van der Waals surface area contributed by atoms with Gasteiger partial charge in [-0.15, -0.1) is 0 Å². The van der Waals surface area contributed by atoms with Crippen LogP contribution in [0.5, 0.6) is 5.75 Å². The van der Waals surface area contributed by atoms with Crippen LogP contribution in [0.2, 0.25) is 5.15 Å². The number of anilines is 1. The molecule has 0 radical (unpaired) electrons. The Labute approximate surface area is 120 Å². The number of aryl methyl sites for hydroxylation is 1. The summed E-state index contributed by atoms with van der Waals surface area (Å²) in [6.45, 7) is 3.42. The number of hydrogen-bond donors (Lipinski definition) is 2. The predicted octanol–water partition coefficient (Wildman–Crippen LogP) is 3.45. The lowest BCUT2D eigenvalue weighted by Gasteiger charge is -2.11. The van der Waals surface area contributed by atoms with Gasteiger partial charge in [0.1, 0.15) is 16.7 Å². The van der Waals surface area contributed by atoms with E-state index in [9.17, 15) is 14.3 Å². The van der Waals surface area contributed by atoms with Crippen LogP contribution in [0.1, 0.15) is 21.5 Å². The molecule has 4 nitrogen and oxygen atoms in total. The van der Waals surface area contributed by atoms with E-state index in [2.05, 4.69) is 10.3 Å². The van der Waals surface area contributed by atoms with E-state index >= 15 is 0 Å². The first-order chi connectivity index (χ1) is 9.40. The molecule has 2 N–H and O–H groups in total. The van der Waals surface area contributed by atoms with Crippen molar-refractivity contribution >= 4 is 23.2 Å². The third kappa shape index (κ3) is 2.72. The molecule has 20 heavy (non-hydrogen) atoms. The molecule has 104 valence electrons. The second-order valence-electron chi connectivity index (χ2n) is 4.35. The van der Waals surface area contributed by atoms with Crippen LogP contribution in [0.3, 0.4) is 0 Å². The molecule has 0 bridgehead atoms. The summed E-state index contributed by atoms with van der Waals surface area (Å²) in [5.41, 5.74) is 1.59. The molecule has 0 saturated carbocycles. The minimum Gasteiger partial charge on any atom is -0.507 e. The molecule has 0 saturated heterocycles. The number of aromatic hydroxyl groups is 1. The van der Waals surface area contributed by atoms with Gasteiger partial charge in [-0.2, -0.15) is 0 Å². The second kappa shape index (κ2) is 5.46. The molecule has 6 heteroatoms. The van der Waals surface area contributed by atoms with Crippen molar-refractivity contribution in [2.45, 2.75) is 13.8 Å². The van der Waals surface area contributed by atoms with Crippen LogP contribution < -0.4 is 5.32 Å². The van der Waals surface area contributed by atoms with Gasteiger partial charge >= 0.3 is 0 Å². The number of phenols is 1. The fraction of sp³-hybridized carbons (Fsp3) is 0.143. The summed E-state index contributed by atoms with van der Waals surface area (Å²) in [5.74, 6) is -1.14. The lowest BCUT2D eigenvalue weighted by Crippen LogP contribution is -2.14. The molecular formula is C14H12ClFN2O2. The zero-order valence-electron chi connectivity index (χ0n) is 10.9. The van der Waals surface area contributed by atoms with Gasteiger partial charge in [0.2, 0.25) is 0 Å². The van der Waals surface area contributed by atoms with Crippen molar-refractivity contribution in [3.8, 4) is 5.75 Å². The van der Waals surface area contributed by atoms with E-state index in [0.29, 0.717) is 16.8 Å². The number of nitrogens with zero attached hydrogens (tertiary/aromatic N) is 1. The Morgan fingerprint density at radius 2 is 2.10 bits per heavy atom. The fourth-order valence-electron chi connectivity index (χ4n) is 1.74. The summed E-state index contributed by atoms with van der Waals surface area (Å²) < 4.78 is 13.1. The van der Waals surface area contributed by atoms with Crippen LogP contribution >= 0.6 is 11.6 Å². The normalized spacial score (nSPS) is 10.4. The van der Waals surface area contributed by atoms with Crippen molar-refractivity contribution in [2.24, 2.45) is 0 Å². The quantitative estimate of drug-likeness (QED) is 0.834. The van der Waals surface area contributed by atoms with Crippen LogP contribution in [0.15, 0.2) is 24.4 Å². The van der Waals surface area contributed by atoms with Crippen molar-refractivity contribution in [1.82, 2.24) is 4.98 Å². The second-order valence-corrected chi connectivity index (χ2v) is 4.71. The molecule has 0 spiro atoms. The standard InChI is InChI=1S/C14H12ClFN2O2/c1-7-3-4-11(8(2)12(7)19)18-14(20)10-5-9(16)6-17-13(10)15/h3-6,19H,1-2H3,(H,18,20). The van der Waals surface area contributed by atoms with Gasteiger partial charge in [-0.05, 0) is 31.5 Å². The number of hydrogen-bond acceptors (Lipinski definition) is 3. The maximum atomic E-state index is 13.1. The fourth-order valence-corrected chi connectivity index (χ4v) is 1.93. The van der Waals surface area contributed by atoms with Gasteiger partial charge in [-0.3, -0.25) is 4.79 Å². The van der Waals surface area contributed by atoms with E-state index < -0.39 is 11.7 Å². The van der Waals surface area contributed by atoms with Gasteiger partial charge < -0.3 is 10.4 Å². The predicted molar refractivity (Wildman–Crippen MR) is 74.7 cm³/mol. The van der Waals surface area contributed by atoms with Crippen molar-refractivity contribution in [3.63, 3.8) is 0 Å². The Hall–Kier alpha value is -2.14. The maximum Gasteiger partial charge on any atom is 0.258 e. The molecule has 2 aromatic rings. The Morgan fingerprint density at radius 1 is 1.40 bits per heavy atom. The Bertz CT molecular complexity index is 689. The van der Waals surface area contributed by atoms with Gasteiger partial charge in [0, 0.05) is 11.3 Å². The number of benzene rings is 1. The van der Waals surface area contributed by atoms with E-state index in [-0.39, 0.29) is 16.5 Å². The molecule has 1 amide bonds. The molecule has 0 aliphatic heterocycles. The lowest BCUT2D eigenvalue weighted by atomic mass is 10.1. The lowest BCUT2D eigenvalue weighted by molar-refractivity contribution is 0.102. The Kier molecular flexibility index (Phi) is 3.90. The van der Waals surface area contributed by atoms with Crippen LogP contribution in [-0.2, 0) is 0 Å². The number of carbonyl (C=O) groups is 1. The first-order valence-corrected chi connectivity index (χ1v) is 6.19. The van der Waals surface area contributed by atoms with Crippen molar-refractivity contribution in [1.29, 1.82) is 0 Å². The van der Waals surface area contributed by atoms with Crippen LogP contribution in [-0.4, -0.2) is 16.0 Å². The Balaban J connectivity index is 2.33. The van der Waals surface area contributed by atoms with E-state index in [0.717, 1.165) is 12.3 Å². The first-order valence-electron chi connectivity index (χ1n) is 5.81. The molecule has 0 atom stereocenters. The molecule has 0 unspecified atom stereocenters. The molecule has 1 heterocycles. The third-order valence-electron chi connectivity index (χ3n) is 2.93. The summed E-state index contributed by atoms with van der Waals surface area (Å²) in [7, 11) is 0. The van der Waals surface area contributed by atoms with Gasteiger partial charge in [0.25, 0.3) is 5.91 Å². The number of amides is 1. The number of pyridine rings is 1. The van der Waals surface area contributed by atoms with Crippen LogP contribution in [0.25, 0.3) is 0 Å². The third-order valence-corrected chi connectivity index (χ3v) is 3.23. The van der Waals surface area contributed by atoms with Crippen LogP contribution in [0, 0.1) is 19.7 Å². The topological polar surface area (TPSA) is 62.2 Å². The molecule has 0 aliphatic rings. The summed E-state index contributed by atoms with van der Waals surface area (Å²) >= 11 is 5.77. The summed E-state index contributed by atoms with van der Waals surface area (Å²) in [6, 6.07) is 4.33. The van der Waals surface area contributed by atoms with Gasteiger partial charge in [0.05, 0.1) is 11.8 Å². The molecule has 0 fully saturated rings. The number of nitrogens with one attached hydrogen (secondary N) is 1. The first kappa shape index (κ1) is 14.3. The highest BCUT2D eigenvalue weighted by molar-refractivity contribution is 6.33. The monoisotopic (exact) mass is 294 g/mol. The van der Waals surface area contributed by atoms with Crippen molar-refractivity contribution in [2.75, 3.05) is 5.32 Å². The minimum absolute atomic E-state index is 0.0638. The molecule has 1 aromatic heterocycles. The Morgan fingerprint density at radius 3 is 2.80 bits per heavy atom.